The van der Waals surface area contributed by atoms with E-state index in [0.717, 1.165) is 0 Å². The highest BCUT2D eigenvalue weighted by atomic mass is 35.5. The van der Waals surface area contributed by atoms with Crippen molar-refractivity contribution in [2.45, 2.75) is 19.4 Å². The molecule has 0 bridgehead atoms. The van der Waals surface area contributed by atoms with Crippen molar-refractivity contribution < 1.29 is 9.90 Å². The Balaban J connectivity index is 2.76. The molecule has 0 radical (unpaired) electrons. The third kappa shape index (κ3) is 4.00. The van der Waals surface area contributed by atoms with Crippen LogP contribution in [-0.4, -0.2) is 22.8 Å². The maximum absolute atomic E-state index is 11.3. The third-order valence-electron chi connectivity index (χ3n) is 1.92. The normalized spacial score (nSPS) is 11.8. The van der Waals surface area contributed by atoms with Crippen LogP contribution >= 0.6 is 23.2 Å². The zero-order chi connectivity index (χ0) is 13.1. The van der Waals surface area contributed by atoms with E-state index >= 15 is 0 Å². The first kappa shape index (κ1) is 14.0. The molecule has 0 aromatic heterocycles. The number of nitrogens with zero attached hydrogens (tertiary/aromatic N) is 1. The number of carbonyl (C=O) groups excluding carboxylic acids is 1. The predicted molar refractivity (Wildman–Crippen MR) is 68.5 cm³/mol. The van der Waals surface area contributed by atoms with Gasteiger partial charge in [-0.1, -0.05) is 29.3 Å². The van der Waals surface area contributed by atoms with E-state index < -0.39 is 11.5 Å². The summed E-state index contributed by atoms with van der Waals surface area (Å²) < 4.78 is 0. The number of rotatable bonds is 3. The van der Waals surface area contributed by atoms with Gasteiger partial charge in [-0.25, -0.2) is 5.43 Å². The van der Waals surface area contributed by atoms with E-state index in [-0.39, 0.29) is 0 Å². The molecule has 17 heavy (non-hydrogen) atoms. The van der Waals surface area contributed by atoms with Crippen molar-refractivity contribution in [3.05, 3.63) is 33.8 Å². The number of hydrogen-bond donors (Lipinski definition) is 2. The van der Waals surface area contributed by atoms with Crippen molar-refractivity contribution in [1.82, 2.24) is 5.43 Å². The van der Waals surface area contributed by atoms with E-state index in [1.165, 1.54) is 20.1 Å². The molecule has 0 aliphatic heterocycles. The average Bonchev–Trinajstić information content (AvgIpc) is 2.20. The predicted octanol–water partition coefficient (Wildman–Crippen LogP) is 2.21. The first-order valence-electron chi connectivity index (χ1n) is 4.82. The second-order valence-corrected chi connectivity index (χ2v) is 4.71. The van der Waals surface area contributed by atoms with Crippen LogP contribution in [0.5, 0.6) is 0 Å². The SMILES string of the molecule is CC(C)(O)C(=O)N/N=C/c1c(Cl)cccc1Cl. The van der Waals surface area contributed by atoms with Gasteiger partial charge in [0.15, 0.2) is 0 Å². The minimum absolute atomic E-state index is 0.429. The van der Waals surface area contributed by atoms with Gasteiger partial charge in [-0.05, 0) is 26.0 Å². The van der Waals surface area contributed by atoms with Crippen LogP contribution in [0.2, 0.25) is 10.0 Å². The average molecular weight is 275 g/mol. The zero-order valence-corrected chi connectivity index (χ0v) is 10.9. The van der Waals surface area contributed by atoms with Gasteiger partial charge in [0.05, 0.1) is 16.3 Å². The molecular formula is C11H12Cl2N2O2. The lowest BCUT2D eigenvalue weighted by Crippen LogP contribution is -2.39. The summed E-state index contributed by atoms with van der Waals surface area (Å²) in [5.41, 5.74) is 1.21. The molecule has 0 aliphatic carbocycles. The van der Waals surface area contributed by atoms with Crippen LogP contribution in [0.3, 0.4) is 0 Å². The van der Waals surface area contributed by atoms with Gasteiger partial charge < -0.3 is 5.11 Å². The van der Waals surface area contributed by atoms with Crippen LogP contribution in [0.4, 0.5) is 0 Å². The molecule has 2 N–H and O–H groups in total. The van der Waals surface area contributed by atoms with Gasteiger partial charge in [0.25, 0.3) is 5.91 Å². The summed E-state index contributed by atoms with van der Waals surface area (Å²) in [6, 6.07) is 5.02. The number of nitrogens with one attached hydrogen (secondary N) is 1. The fraction of sp³-hybridized carbons (Fsp3) is 0.273. The molecule has 1 aromatic carbocycles. The highest BCUT2D eigenvalue weighted by Crippen LogP contribution is 2.21. The Labute approximate surface area is 109 Å². The van der Waals surface area contributed by atoms with E-state index in [1.807, 2.05) is 0 Å². The number of benzene rings is 1. The Bertz CT molecular complexity index is 433. The number of carbonyl (C=O) groups is 1. The van der Waals surface area contributed by atoms with Gasteiger partial charge in [-0.15, -0.1) is 0 Å². The summed E-state index contributed by atoms with van der Waals surface area (Å²) in [5, 5.41) is 13.9. The Morgan fingerprint density at radius 2 is 1.94 bits per heavy atom. The molecule has 0 fully saturated rings. The summed E-state index contributed by atoms with van der Waals surface area (Å²) in [5.74, 6) is -0.614. The minimum Gasteiger partial charge on any atom is -0.381 e. The number of hydrazone groups is 1. The summed E-state index contributed by atoms with van der Waals surface area (Å²) in [4.78, 5) is 11.3. The topological polar surface area (TPSA) is 61.7 Å². The smallest absolute Gasteiger partial charge is 0.271 e. The second kappa shape index (κ2) is 5.49. The van der Waals surface area contributed by atoms with Crippen LogP contribution in [-0.2, 0) is 4.79 Å². The minimum atomic E-state index is -1.48. The third-order valence-corrected chi connectivity index (χ3v) is 2.57. The molecular weight excluding hydrogens is 263 g/mol. The van der Waals surface area contributed by atoms with Crippen molar-refractivity contribution in [3.8, 4) is 0 Å². The van der Waals surface area contributed by atoms with Gasteiger partial charge in [-0.3, -0.25) is 4.79 Å². The monoisotopic (exact) mass is 274 g/mol. The highest BCUT2D eigenvalue weighted by molar-refractivity contribution is 6.38. The lowest BCUT2D eigenvalue weighted by atomic mass is 10.1. The van der Waals surface area contributed by atoms with Crippen LogP contribution in [0, 0.1) is 0 Å². The molecule has 0 saturated carbocycles. The molecule has 0 heterocycles. The fourth-order valence-electron chi connectivity index (χ4n) is 0.926. The van der Waals surface area contributed by atoms with Gasteiger partial charge >= 0.3 is 0 Å². The van der Waals surface area contributed by atoms with Gasteiger partial charge in [0, 0.05) is 5.56 Å². The maximum atomic E-state index is 11.3. The number of amides is 1. The standard InChI is InChI=1S/C11H12Cl2N2O2/c1-11(2,17)10(16)15-14-6-7-8(12)4-3-5-9(7)13/h3-6,17H,1-2H3,(H,15,16)/b14-6+. The first-order valence-corrected chi connectivity index (χ1v) is 5.58. The highest BCUT2D eigenvalue weighted by Gasteiger charge is 2.22. The van der Waals surface area contributed by atoms with E-state index in [1.54, 1.807) is 18.2 Å². The molecule has 1 aromatic rings. The molecule has 4 nitrogen and oxygen atoms in total. The van der Waals surface area contributed by atoms with E-state index in [2.05, 4.69) is 10.5 Å². The first-order chi connectivity index (χ1) is 7.82. The Hall–Kier alpha value is -1.10. The lowest BCUT2D eigenvalue weighted by molar-refractivity contribution is -0.136. The number of hydrogen-bond acceptors (Lipinski definition) is 3. The van der Waals surface area contributed by atoms with Crippen molar-refractivity contribution in [1.29, 1.82) is 0 Å². The van der Waals surface area contributed by atoms with Gasteiger partial charge in [0.1, 0.15) is 5.60 Å². The molecule has 0 saturated heterocycles. The van der Waals surface area contributed by atoms with Crippen LogP contribution < -0.4 is 5.43 Å². The molecule has 0 unspecified atom stereocenters. The summed E-state index contributed by atoms with van der Waals surface area (Å²) in [6.45, 7) is 2.72. The number of halogens is 2. The second-order valence-electron chi connectivity index (χ2n) is 3.89. The van der Waals surface area contributed by atoms with Crippen molar-refractivity contribution in [2.24, 2.45) is 5.10 Å². The van der Waals surface area contributed by atoms with Crippen LogP contribution in [0.1, 0.15) is 19.4 Å². The lowest BCUT2D eigenvalue weighted by Gasteiger charge is -2.13. The molecule has 6 heteroatoms. The molecule has 1 rings (SSSR count). The van der Waals surface area contributed by atoms with Gasteiger partial charge in [0.2, 0.25) is 0 Å². The molecule has 0 atom stereocenters. The van der Waals surface area contributed by atoms with Crippen LogP contribution in [0.15, 0.2) is 23.3 Å². The van der Waals surface area contributed by atoms with E-state index in [9.17, 15) is 9.90 Å². The maximum Gasteiger partial charge on any atom is 0.271 e. The summed E-state index contributed by atoms with van der Waals surface area (Å²) in [6.07, 6.45) is 1.33. The molecule has 0 aliphatic rings. The largest absolute Gasteiger partial charge is 0.381 e. The van der Waals surface area contributed by atoms with Gasteiger partial charge in [-0.2, -0.15) is 5.10 Å². The fourth-order valence-corrected chi connectivity index (χ4v) is 1.42. The Kier molecular flexibility index (Phi) is 4.51. The zero-order valence-electron chi connectivity index (χ0n) is 9.37. The quantitative estimate of drug-likeness (QED) is 0.656. The molecule has 0 spiro atoms. The molecule has 1 amide bonds. The molecule has 92 valence electrons. The van der Waals surface area contributed by atoms with E-state index in [0.29, 0.717) is 15.6 Å². The summed E-state index contributed by atoms with van der Waals surface area (Å²) in [7, 11) is 0. The number of aliphatic hydroxyl groups is 1. The van der Waals surface area contributed by atoms with Crippen molar-refractivity contribution >= 4 is 35.3 Å². The van der Waals surface area contributed by atoms with Crippen LogP contribution in [0.25, 0.3) is 0 Å². The summed E-state index contributed by atoms with van der Waals surface area (Å²) >= 11 is 11.8. The van der Waals surface area contributed by atoms with Crippen molar-refractivity contribution in [3.63, 3.8) is 0 Å². The Morgan fingerprint density at radius 1 is 1.41 bits per heavy atom. The van der Waals surface area contributed by atoms with Crippen molar-refractivity contribution in [2.75, 3.05) is 0 Å². The Morgan fingerprint density at radius 3 is 2.41 bits per heavy atom. The van der Waals surface area contributed by atoms with E-state index in [4.69, 9.17) is 23.2 Å².